The number of hydrogen-bond acceptors (Lipinski definition) is 3. The molecule has 0 aromatic heterocycles. The van der Waals surface area contributed by atoms with Crippen molar-refractivity contribution in [2.45, 2.75) is 6.92 Å². The quantitative estimate of drug-likeness (QED) is 0.785. The standard InChI is InChI=1S/C16H14F3N3O2/c1-9(23)21-11-3-5-12(18)14(7-11)20-8-16(24)22-15-6-10(17)2-4-13(15)19/h2-7,20H,8H2,1H3,(H,21,23)(H,22,24). The third kappa shape index (κ3) is 4.73. The second-order valence-electron chi connectivity index (χ2n) is 4.90. The number of carbonyl (C=O) groups is 2. The van der Waals surface area contributed by atoms with E-state index in [0.29, 0.717) is 5.69 Å². The Hall–Kier alpha value is -3.03. The number of carbonyl (C=O) groups excluding carboxylic acids is 2. The van der Waals surface area contributed by atoms with Crippen LogP contribution in [0.3, 0.4) is 0 Å². The van der Waals surface area contributed by atoms with Crippen LogP contribution in [-0.2, 0) is 9.59 Å². The molecule has 0 fully saturated rings. The Labute approximate surface area is 135 Å². The lowest BCUT2D eigenvalue weighted by atomic mass is 10.2. The van der Waals surface area contributed by atoms with Crippen LogP contribution in [0.4, 0.5) is 30.2 Å². The van der Waals surface area contributed by atoms with Crippen molar-refractivity contribution in [2.75, 3.05) is 22.5 Å². The maximum absolute atomic E-state index is 13.7. The fourth-order valence-corrected chi connectivity index (χ4v) is 1.90. The van der Waals surface area contributed by atoms with Crippen LogP contribution < -0.4 is 16.0 Å². The molecule has 0 saturated heterocycles. The number of hydrogen-bond donors (Lipinski definition) is 3. The molecule has 0 aliphatic heterocycles. The summed E-state index contributed by atoms with van der Waals surface area (Å²) in [5.41, 5.74) is 0.0216. The Morgan fingerprint density at radius 1 is 0.917 bits per heavy atom. The number of halogens is 3. The zero-order chi connectivity index (χ0) is 17.7. The molecule has 0 unspecified atom stereocenters. The predicted octanol–water partition coefficient (Wildman–Crippen LogP) is 3.11. The molecule has 24 heavy (non-hydrogen) atoms. The van der Waals surface area contributed by atoms with Gasteiger partial charge in [-0.05, 0) is 30.3 Å². The van der Waals surface area contributed by atoms with Crippen LogP contribution in [0.25, 0.3) is 0 Å². The molecule has 0 spiro atoms. The number of anilines is 3. The van der Waals surface area contributed by atoms with Gasteiger partial charge in [0.2, 0.25) is 11.8 Å². The fraction of sp³-hybridized carbons (Fsp3) is 0.125. The topological polar surface area (TPSA) is 70.2 Å². The van der Waals surface area contributed by atoms with E-state index < -0.39 is 23.4 Å². The van der Waals surface area contributed by atoms with Crippen LogP contribution in [-0.4, -0.2) is 18.4 Å². The van der Waals surface area contributed by atoms with Gasteiger partial charge in [0.15, 0.2) is 0 Å². The van der Waals surface area contributed by atoms with Gasteiger partial charge in [-0.2, -0.15) is 0 Å². The summed E-state index contributed by atoms with van der Waals surface area (Å²) in [4.78, 5) is 22.8. The van der Waals surface area contributed by atoms with Crippen molar-refractivity contribution >= 4 is 28.9 Å². The molecule has 8 heteroatoms. The first-order valence-corrected chi connectivity index (χ1v) is 6.91. The summed E-state index contributed by atoms with van der Waals surface area (Å²) in [6.45, 7) is 0.924. The van der Waals surface area contributed by atoms with Gasteiger partial charge in [-0.25, -0.2) is 13.2 Å². The molecule has 0 heterocycles. The Bertz CT molecular complexity index is 781. The number of nitrogens with one attached hydrogen (secondary N) is 3. The molecule has 2 aromatic rings. The highest BCUT2D eigenvalue weighted by Crippen LogP contribution is 2.20. The average molecular weight is 337 g/mol. The summed E-state index contributed by atoms with van der Waals surface area (Å²) >= 11 is 0. The fourth-order valence-electron chi connectivity index (χ4n) is 1.90. The van der Waals surface area contributed by atoms with Gasteiger partial charge < -0.3 is 16.0 Å². The van der Waals surface area contributed by atoms with Crippen LogP contribution in [0, 0.1) is 17.5 Å². The predicted molar refractivity (Wildman–Crippen MR) is 84.2 cm³/mol. The van der Waals surface area contributed by atoms with E-state index in [-0.39, 0.29) is 23.8 Å². The van der Waals surface area contributed by atoms with Crippen LogP contribution in [0.5, 0.6) is 0 Å². The SMILES string of the molecule is CC(=O)Nc1ccc(F)c(NCC(=O)Nc2cc(F)ccc2F)c1. The minimum Gasteiger partial charge on any atom is -0.374 e. The molecule has 0 radical (unpaired) electrons. The molecular weight excluding hydrogens is 323 g/mol. The summed E-state index contributed by atoms with van der Waals surface area (Å²) in [7, 11) is 0. The van der Waals surface area contributed by atoms with Gasteiger partial charge in [-0.3, -0.25) is 9.59 Å². The molecule has 5 nitrogen and oxygen atoms in total. The van der Waals surface area contributed by atoms with Crippen LogP contribution in [0.15, 0.2) is 36.4 Å². The minimum atomic E-state index is -0.788. The van der Waals surface area contributed by atoms with Crippen molar-refractivity contribution in [3.63, 3.8) is 0 Å². The minimum absolute atomic E-state index is 0.0175. The molecule has 0 aliphatic carbocycles. The van der Waals surface area contributed by atoms with Crippen molar-refractivity contribution in [1.82, 2.24) is 0 Å². The zero-order valence-electron chi connectivity index (χ0n) is 12.6. The van der Waals surface area contributed by atoms with Crippen molar-refractivity contribution in [3.05, 3.63) is 53.8 Å². The molecule has 0 aliphatic rings. The highest BCUT2D eigenvalue weighted by Gasteiger charge is 2.10. The van der Waals surface area contributed by atoms with Gasteiger partial charge in [0.05, 0.1) is 17.9 Å². The number of rotatable bonds is 5. The first-order valence-electron chi connectivity index (χ1n) is 6.91. The first kappa shape index (κ1) is 17.3. The van der Waals surface area contributed by atoms with E-state index in [1.165, 1.54) is 19.1 Å². The lowest BCUT2D eigenvalue weighted by molar-refractivity contribution is -0.115. The number of benzene rings is 2. The van der Waals surface area contributed by atoms with E-state index >= 15 is 0 Å². The molecular formula is C16H14F3N3O2. The van der Waals surface area contributed by atoms with E-state index in [0.717, 1.165) is 24.3 Å². The van der Waals surface area contributed by atoms with E-state index in [1.807, 2.05) is 0 Å². The molecule has 0 saturated carbocycles. The van der Waals surface area contributed by atoms with Crippen molar-refractivity contribution in [2.24, 2.45) is 0 Å². The third-order valence-electron chi connectivity index (χ3n) is 2.93. The van der Waals surface area contributed by atoms with E-state index in [4.69, 9.17) is 0 Å². The lowest BCUT2D eigenvalue weighted by Gasteiger charge is -2.11. The van der Waals surface area contributed by atoms with E-state index in [1.54, 1.807) is 0 Å². The Balaban J connectivity index is 2.01. The second-order valence-corrected chi connectivity index (χ2v) is 4.90. The van der Waals surface area contributed by atoms with Gasteiger partial charge in [-0.15, -0.1) is 0 Å². The van der Waals surface area contributed by atoms with Gasteiger partial charge in [0.25, 0.3) is 0 Å². The maximum atomic E-state index is 13.7. The lowest BCUT2D eigenvalue weighted by Crippen LogP contribution is -2.23. The van der Waals surface area contributed by atoms with E-state index in [9.17, 15) is 22.8 Å². The van der Waals surface area contributed by atoms with Crippen molar-refractivity contribution < 1.29 is 22.8 Å². The molecule has 3 N–H and O–H groups in total. The molecule has 126 valence electrons. The summed E-state index contributed by atoms with van der Waals surface area (Å²) in [6.07, 6.45) is 0. The van der Waals surface area contributed by atoms with Gasteiger partial charge in [-0.1, -0.05) is 0 Å². The second kappa shape index (κ2) is 7.49. The summed E-state index contributed by atoms with van der Waals surface area (Å²) in [5, 5.41) is 7.18. The third-order valence-corrected chi connectivity index (χ3v) is 2.93. The molecule has 2 aromatic carbocycles. The zero-order valence-corrected chi connectivity index (χ0v) is 12.6. The van der Waals surface area contributed by atoms with Gasteiger partial charge in [0.1, 0.15) is 17.5 Å². The van der Waals surface area contributed by atoms with Gasteiger partial charge in [0, 0.05) is 18.7 Å². The largest absolute Gasteiger partial charge is 0.374 e. The number of amides is 2. The summed E-state index contributed by atoms with van der Waals surface area (Å²) < 4.78 is 40.1. The van der Waals surface area contributed by atoms with Gasteiger partial charge >= 0.3 is 0 Å². The maximum Gasteiger partial charge on any atom is 0.243 e. The van der Waals surface area contributed by atoms with Crippen LogP contribution >= 0.6 is 0 Å². The smallest absolute Gasteiger partial charge is 0.243 e. The Kier molecular flexibility index (Phi) is 5.41. The van der Waals surface area contributed by atoms with Crippen molar-refractivity contribution in [1.29, 1.82) is 0 Å². The van der Waals surface area contributed by atoms with Crippen LogP contribution in [0.2, 0.25) is 0 Å². The molecule has 2 rings (SSSR count). The van der Waals surface area contributed by atoms with Crippen molar-refractivity contribution in [3.8, 4) is 0 Å². The Morgan fingerprint density at radius 3 is 2.29 bits per heavy atom. The monoisotopic (exact) mass is 337 g/mol. The normalized spacial score (nSPS) is 10.2. The average Bonchev–Trinajstić information content (AvgIpc) is 2.51. The Morgan fingerprint density at radius 2 is 1.58 bits per heavy atom. The highest BCUT2D eigenvalue weighted by atomic mass is 19.1. The highest BCUT2D eigenvalue weighted by molar-refractivity contribution is 5.94. The molecule has 2 amide bonds. The van der Waals surface area contributed by atoms with Crippen LogP contribution in [0.1, 0.15) is 6.92 Å². The summed E-state index contributed by atoms with van der Waals surface area (Å²) in [6, 6.07) is 6.45. The first-order chi connectivity index (χ1) is 11.3. The molecule has 0 bridgehead atoms. The summed E-state index contributed by atoms with van der Waals surface area (Å²) in [5.74, 6) is -3.14. The van der Waals surface area contributed by atoms with E-state index in [2.05, 4.69) is 16.0 Å². The molecule has 0 atom stereocenters.